The molecule has 0 unspecified atom stereocenters. The van der Waals surface area contributed by atoms with Gasteiger partial charge in [-0.05, 0) is 30.7 Å². The van der Waals surface area contributed by atoms with Gasteiger partial charge in [0.25, 0.3) is 0 Å². The molecule has 0 radical (unpaired) electrons. The molecule has 0 spiro atoms. The highest BCUT2D eigenvalue weighted by Gasteiger charge is 2.05. The summed E-state index contributed by atoms with van der Waals surface area (Å²) in [5, 5.41) is 12.1. The lowest BCUT2D eigenvalue weighted by atomic mass is 10.3. The van der Waals surface area contributed by atoms with E-state index in [-0.39, 0.29) is 5.69 Å². The van der Waals surface area contributed by atoms with Gasteiger partial charge in [0.05, 0.1) is 5.69 Å². The zero-order chi connectivity index (χ0) is 13.7. The van der Waals surface area contributed by atoms with Crippen molar-refractivity contribution in [3.63, 3.8) is 0 Å². The number of carbonyl (C=O) groups is 1. The van der Waals surface area contributed by atoms with Gasteiger partial charge in [-0.3, -0.25) is 0 Å². The number of aryl methyl sites for hydroxylation is 1. The summed E-state index contributed by atoms with van der Waals surface area (Å²) in [6.45, 7) is 3.49. The largest absolute Gasteiger partial charge is 0.477 e. The van der Waals surface area contributed by atoms with Crippen LogP contribution in [-0.4, -0.2) is 16.1 Å². The number of aromatic carboxylic acids is 1. The van der Waals surface area contributed by atoms with E-state index < -0.39 is 5.97 Å². The molecule has 0 atom stereocenters. The molecule has 2 heterocycles. The van der Waals surface area contributed by atoms with Crippen LogP contribution < -0.4 is 5.32 Å². The van der Waals surface area contributed by atoms with Gasteiger partial charge in [0.1, 0.15) is 5.69 Å². The van der Waals surface area contributed by atoms with E-state index in [1.807, 2.05) is 6.07 Å². The molecule has 5 heteroatoms. The molecule has 0 aliphatic rings. The van der Waals surface area contributed by atoms with Crippen molar-refractivity contribution in [1.29, 1.82) is 0 Å². The predicted molar refractivity (Wildman–Crippen MR) is 75.4 cm³/mol. The molecule has 0 bridgehead atoms. The average Bonchev–Trinajstić information content (AvgIpc) is 2.87. The van der Waals surface area contributed by atoms with Crippen LogP contribution in [0.2, 0.25) is 0 Å². The van der Waals surface area contributed by atoms with Crippen LogP contribution in [0.5, 0.6) is 0 Å². The van der Waals surface area contributed by atoms with Gasteiger partial charge in [-0.25, -0.2) is 9.78 Å². The molecular weight excluding hydrogens is 260 g/mol. The highest BCUT2D eigenvalue weighted by atomic mass is 32.1. The number of carboxylic acids is 1. The fourth-order valence-electron chi connectivity index (χ4n) is 1.72. The van der Waals surface area contributed by atoms with Crippen LogP contribution in [0.3, 0.4) is 0 Å². The van der Waals surface area contributed by atoms with Gasteiger partial charge in [0, 0.05) is 22.8 Å². The molecule has 2 aromatic rings. The molecular formula is C14H16N2O2S. The second-order valence-electron chi connectivity index (χ2n) is 4.14. The molecule has 4 nitrogen and oxygen atoms in total. The Morgan fingerprint density at radius 2 is 2.05 bits per heavy atom. The van der Waals surface area contributed by atoms with Crippen LogP contribution in [0.4, 0.5) is 0 Å². The van der Waals surface area contributed by atoms with Crippen LogP contribution in [0.1, 0.15) is 32.9 Å². The summed E-state index contributed by atoms with van der Waals surface area (Å²) in [5.74, 6) is -0.993. The Kier molecular flexibility index (Phi) is 4.65. The molecule has 2 aromatic heterocycles. The normalized spacial score (nSPS) is 10.6. The fraction of sp³-hybridized carbons (Fsp3) is 0.286. The van der Waals surface area contributed by atoms with Crippen LogP contribution >= 0.6 is 11.3 Å². The molecule has 19 heavy (non-hydrogen) atoms. The van der Waals surface area contributed by atoms with Crippen molar-refractivity contribution in [3.05, 3.63) is 51.5 Å². The number of nitrogens with one attached hydrogen (secondary N) is 1. The summed E-state index contributed by atoms with van der Waals surface area (Å²) in [6, 6.07) is 9.31. The molecule has 2 rings (SSSR count). The van der Waals surface area contributed by atoms with Gasteiger partial charge in [-0.2, -0.15) is 0 Å². The van der Waals surface area contributed by atoms with Crippen molar-refractivity contribution in [2.45, 2.75) is 26.4 Å². The third-order valence-electron chi connectivity index (χ3n) is 2.70. The lowest BCUT2D eigenvalue weighted by Crippen LogP contribution is -2.14. The van der Waals surface area contributed by atoms with Crippen molar-refractivity contribution in [2.75, 3.05) is 0 Å². The third kappa shape index (κ3) is 3.87. The first-order valence-electron chi connectivity index (χ1n) is 6.16. The van der Waals surface area contributed by atoms with E-state index in [0.29, 0.717) is 6.54 Å². The van der Waals surface area contributed by atoms with E-state index in [1.54, 1.807) is 17.4 Å². The first-order valence-corrected chi connectivity index (χ1v) is 6.98. The van der Waals surface area contributed by atoms with E-state index in [9.17, 15) is 4.79 Å². The number of carboxylic acid groups (broad SMARTS) is 1. The van der Waals surface area contributed by atoms with Gasteiger partial charge < -0.3 is 10.4 Å². The highest BCUT2D eigenvalue weighted by Crippen LogP contribution is 2.16. The lowest BCUT2D eigenvalue weighted by molar-refractivity contribution is 0.0690. The Balaban J connectivity index is 1.88. The van der Waals surface area contributed by atoms with Crippen molar-refractivity contribution >= 4 is 17.3 Å². The van der Waals surface area contributed by atoms with Gasteiger partial charge in [-0.15, -0.1) is 11.3 Å². The van der Waals surface area contributed by atoms with Gasteiger partial charge in [0.2, 0.25) is 0 Å². The summed E-state index contributed by atoms with van der Waals surface area (Å²) in [4.78, 5) is 17.5. The third-order valence-corrected chi connectivity index (χ3v) is 3.93. The first-order chi connectivity index (χ1) is 9.19. The molecule has 0 saturated carbocycles. The number of pyridine rings is 1. The average molecular weight is 276 g/mol. The predicted octanol–water partition coefficient (Wildman–Crippen LogP) is 2.69. The van der Waals surface area contributed by atoms with Crippen LogP contribution in [0.25, 0.3) is 0 Å². The monoisotopic (exact) mass is 276 g/mol. The zero-order valence-electron chi connectivity index (χ0n) is 10.7. The molecule has 100 valence electrons. The summed E-state index contributed by atoms with van der Waals surface area (Å²) < 4.78 is 0. The van der Waals surface area contributed by atoms with Crippen LogP contribution in [0, 0.1) is 0 Å². The molecule has 0 saturated heterocycles. The summed E-state index contributed by atoms with van der Waals surface area (Å²) in [6.07, 6.45) is 1.06. The molecule has 0 aliphatic heterocycles. The maximum Gasteiger partial charge on any atom is 0.354 e. The molecule has 0 aromatic carbocycles. The topological polar surface area (TPSA) is 62.2 Å². The first kappa shape index (κ1) is 13.7. The van der Waals surface area contributed by atoms with Crippen molar-refractivity contribution < 1.29 is 9.90 Å². The highest BCUT2D eigenvalue weighted by molar-refractivity contribution is 7.11. The molecule has 0 fully saturated rings. The molecule has 0 aliphatic carbocycles. The smallest absolute Gasteiger partial charge is 0.354 e. The minimum atomic E-state index is -0.993. The number of nitrogens with zero attached hydrogens (tertiary/aromatic N) is 1. The minimum Gasteiger partial charge on any atom is -0.477 e. The SMILES string of the molecule is CCc1ccc(CNCc2cccc(C(=O)O)n2)s1. The number of aromatic nitrogens is 1. The second kappa shape index (κ2) is 6.45. The van der Waals surface area contributed by atoms with E-state index in [0.717, 1.165) is 18.7 Å². The Morgan fingerprint density at radius 1 is 1.26 bits per heavy atom. The fourth-order valence-corrected chi connectivity index (χ4v) is 2.65. The van der Waals surface area contributed by atoms with E-state index >= 15 is 0 Å². The maximum absolute atomic E-state index is 10.8. The van der Waals surface area contributed by atoms with Crippen LogP contribution in [-0.2, 0) is 19.5 Å². The summed E-state index contributed by atoms with van der Waals surface area (Å²) >= 11 is 1.80. The van der Waals surface area contributed by atoms with E-state index in [1.165, 1.54) is 15.8 Å². The standard InChI is InChI=1S/C14H16N2O2S/c1-2-11-6-7-12(19-11)9-15-8-10-4-3-5-13(16-10)14(17)18/h3-7,15H,2,8-9H2,1H3,(H,17,18). The Labute approximate surface area is 116 Å². The zero-order valence-corrected chi connectivity index (χ0v) is 11.5. The lowest BCUT2D eigenvalue weighted by Gasteiger charge is -2.03. The van der Waals surface area contributed by atoms with Crippen LogP contribution in [0.15, 0.2) is 30.3 Å². The number of hydrogen-bond acceptors (Lipinski definition) is 4. The summed E-state index contributed by atoms with van der Waals surface area (Å²) in [7, 11) is 0. The van der Waals surface area contributed by atoms with Crippen molar-refractivity contribution in [1.82, 2.24) is 10.3 Å². The molecule has 2 N–H and O–H groups in total. The summed E-state index contributed by atoms with van der Waals surface area (Å²) in [5.41, 5.74) is 0.830. The second-order valence-corrected chi connectivity index (χ2v) is 5.40. The maximum atomic E-state index is 10.8. The van der Waals surface area contributed by atoms with Gasteiger partial charge in [0.15, 0.2) is 0 Å². The van der Waals surface area contributed by atoms with Crippen molar-refractivity contribution in [2.24, 2.45) is 0 Å². The Hall–Kier alpha value is -1.72. The van der Waals surface area contributed by atoms with Gasteiger partial charge in [-0.1, -0.05) is 13.0 Å². The van der Waals surface area contributed by atoms with Gasteiger partial charge >= 0.3 is 5.97 Å². The van der Waals surface area contributed by atoms with Crippen molar-refractivity contribution in [3.8, 4) is 0 Å². The number of thiophene rings is 1. The van der Waals surface area contributed by atoms with E-state index in [4.69, 9.17) is 5.11 Å². The van der Waals surface area contributed by atoms with E-state index in [2.05, 4.69) is 29.4 Å². The minimum absolute atomic E-state index is 0.0868. The Bertz CT molecular complexity index is 566. The quantitative estimate of drug-likeness (QED) is 0.851. The number of rotatable bonds is 6. The molecule has 0 amide bonds. The number of hydrogen-bond donors (Lipinski definition) is 2. The Morgan fingerprint density at radius 3 is 2.74 bits per heavy atom.